The Morgan fingerprint density at radius 1 is 1.24 bits per heavy atom. The molecular weight excluding hydrogens is 427 g/mol. The second kappa shape index (κ2) is 9.98. The molecule has 0 aliphatic carbocycles. The minimum Gasteiger partial charge on any atom is -0.347 e. The van der Waals surface area contributed by atoms with Gasteiger partial charge in [-0.1, -0.05) is 0 Å². The summed E-state index contributed by atoms with van der Waals surface area (Å²) in [5.41, 5.74) is 1.37. The molecule has 10 nitrogen and oxygen atoms in total. The predicted octanol–water partition coefficient (Wildman–Crippen LogP) is 2.52. The number of carbonyl (C=O) groups is 1. The maximum Gasteiger partial charge on any atom is 0.323 e. The van der Waals surface area contributed by atoms with Crippen molar-refractivity contribution in [2.45, 2.75) is 33.2 Å². The summed E-state index contributed by atoms with van der Waals surface area (Å²) in [7, 11) is 0. The number of nitrogens with zero attached hydrogens (tertiary/aromatic N) is 4. The SMILES string of the molecule is CC(=N/C=C(\C)CNC(=O)c1c[nH]c(=O)[nH]1)c1cnc(NC(C)(C)c2ncccc2F)nc1. The van der Waals surface area contributed by atoms with Crippen LogP contribution in [0.4, 0.5) is 10.3 Å². The first kappa shape index (κ1) is 23.5. The summed E-state index contributed by atoms with van der Waals surface area (Å²) in [4.78, 5) is 44.9. The van der Waals surface area contributed by atoms with Crippen LogP contribution in [0.3, 0.4) is 0 Å². The lowest BCUT2D eigenvalue weighted by molar-refractivity contribution is 0.0952. The van der Waals surface area contributed by atoms with E-state index in [0.717, 1.165) is 5.57 Å². The summed E-state index contributed by atoms with van der Waals surface area (Å²) in [6, 6.07) is 2.90. The molecule has 0 radical (unpaired) electrons. The first-order chi connectivity index (χ1) is 15.7. The number of rotatable bonds is 8. The first-order valence-electron chi connectivity index (χ1n) is 10.1. The van der Waals surface area contributed by atoms with Crippen LogP contribution in [0.1, 0.15) is 49.4 Å². The van der Waals surface area contributed by atoms with Gasteiger partial charge < -0.3 is 20.6 Å². The minimum absolute atomic E-state index is 0.160. The van der Waals surface area contributed by atoms with Gasteiger partial charge in [0.15, 0.2) is 0 Å². The number of carbonyl (C=O) groups excluding carboxylic acids is 1. The smallest absolute Gasteiger partial charge is 0.323 e. The van der Waals surface area contributed by atoms with Crippen molar-refractivity contribution in [2.24, 2.45) is 4.99 Å². The third-order valence-electron chi connectivity index (χ3n) is 4.69. The fourth-order valence-electron chi connectivity index (χ4n) is 2.86. The lowest BCUT2D eigenvalue weighted by Gasteiger charge is -2.25. The van der Waals surface area contributed by atoms with Crippen molar-refractivity contribution in [1.82, 2.24) is 30.2 Å². The van der Waals surface area contributed by atoms with Gasteiger partial charge in [0.05, 0.1) is 5.54 Å². The molecular formula is C22H25FN8O2. The van der Waals surface area contributed by atoms with Crippen LogP contribution in [-0.2, 0) is 5.54 Å². The van der Waals surface area contributed by atoms with E-state index in [4.69, 9.17) is 0 Å². The second-order valence-corrected chi connectivity index (χ2v) is 7.91. The molecule has 3 aromatic rings. The number of amides is 1. The number of hydrogen-bond donors (Lipinski definition) is 4. The number of imidazole rings is 1. The summed E-state index contributed by atoms with van der Waals surface area (Å²) in [5, 5.41) is 5.78. The molecule has 172 valence electrons. The lowest BCUT2D eigenvalue weighted by atomic mass is 9.99. The average Bonchev–Trinajstić information content (AvgIpc) is 3.22. The van der Waals surface area contributed by atoms with Gasteiger partial charge in [0.1, 0.15) is 17.2 Å². The van der Waals surface area contributed by atoms with E-state index >= 15 is 0 Å². The van der Waals surface area contributed by atoms with Crippen LogP contribution in [-0.4, -0.2) is 43.1 Å². The van der Waals surface area contributed by atoms with Crippen LogP contribution in [0, 0.1) is 5.82 Å². The maximum atomic E-state index is 14.1. The molecule has 3 rings (SSSR count). The van der Waals surface area contributed by atoms with Gasteiger partial charge >= 0.3 is 5.69 Å². The Morgan fingerprint density at radius 2 is 1.97 bits per heavy atom. The topological polar surface area (TPSA) is 141 Å². The van der Waals surface area contributed by atoms with E-state index in [2.05, 4.69) is 40.5 Å². The number of halogens is 1. The van der Waals surface area contributed by atoms with Gasteiger partial charge in [-0.05, 0) is 45.4 Å². The molecule has 1 amide bonds. The molecule has 4 N–H and O–H groups in total. The molecule has 11 heteroatoms. The molecule has 3 heterocycles. The van der Waals surface area contributed by atoms with Crippen molar-refractivity contribution in [3.63, 3.8) is 0 Å². The first-order valence-corrected chi connectivity index (χ1v) is 10.1. The van der Waals surface area contributed by atoms with Crippen LogP contribution < -0.4 is 16.3 Å². The Bertz CT molecular complexity index is 1240. The van der Waals surface area contributed by atoms with E-state index in [1.165, 1.54) is 24.5 Å². The largest absolute Gasteiger partial charge is 0.347 e. The van der Waals surface area contributed by atoms with Crippen molar-refractivity contribution in [2.75, 3.05) is 11.9 Å². The quantitative estimate of drug-likeness (QED) is 0.387. The van der Waals surface area contributed by atoms with Crippen molar-refractivity contribution in [3.8, 4) is 0 Å². The molecule has 0 unspecified atom stereocenters. The Morgan fingerprint density at radius 3 is 2.61 bits per heavy atom. The Balaban J connectivity index is 1.60. The molecule has 0 bridgehead atoms. The van der Waals surface area contributed by atoms with E-state index in [0.29, 0.717) is 17.2 Å². The molecule has 0 saturated carbocycles. The number of aromatic nitrogens is 5. The number of nitrogens with one attached hydrogen (secondary N) is 4. The number of aliphatic imine (C=N–C) groups is 1. The van der Waals surface area contributed by atoms with Crippen LogP contribution in [0.25, 0.3) is 0 Å². The van der Waals surface area contributed by atoms with E-state index in [-0.39, 0.29) is 17.9 Å². The molecule has 3 aromatic heterocycles. The zero-order valence-corrected chi connectivity index (χ0v) is 18.7. The van der Waals surface area contributed by atoms with Crippen LogP contribution in [0.2, 0.25) is 0 Å². The third-order valence-corrected chi connectivity index (χ3v) is 4.69. The van der Waals surface area contributed by atoms with Gasteiger partial charge in [-0.3, -0.25) is 14.8 Å². The summed E-state index contributed by atoms with van der Waals surface area (Å²) < 4.78 is 14.1. The zero-order chi connectivity index (χ0) is 24.0. The number of pyridine rings is 1. The molecule has 0 atom stereocenters. The summed E-state index contributed by atoms with van der Waals surface area (Å²) >= 11 is 0. The zero-order valence-electron chi connectivity index (χ0n) is 18.7. The van der Waals surface area contributed by atoms with E-state index in [1.807, 2.05) is 13.8 Å². The molecule has 0 spiro atoms. The maximum absolute atomic E-state index is 14.1. The van der Waals surface area contributed by atoms with Gasteiger partial charge in [-0.2, -0.15) is 0 Å². The highest BCUT2D eigenvalue weighted by Gasteiger charge is 2.26. The molecule has 0 fully saturated rings. The fourth-order valence-corrected chi connectivity index (χ4v) is 2.86. The Labute approximate surface area is 189 Å². The number of H-pyrrole nitrogens is 2. The number of anilines is 1. The van der Waals surface area contributed by atoms with Gasteiger partial charge in [0.25, 0.3) is 5.91 Å². The average molecular weight is 452 g/mol. The molecule has 0 aliphatic heterocycles. The fraction of sp³-hybridized carbons (Fsp3) is 0.273. The highest BCUT2D eigenvalue weighted by molar-refractivity contribution is 5.98. The normalized spacial score (nSPS) is 12.5. The molecule has 33 heavy (non-hydrogen) atoms. The Hall–Kier alpha value is -4.15. The molecule has 0 aromatic carbocycles. The predicted molar refractivity (Wildman–Crippen MR) is 123 cm³/mol. The van der Waals surface area contributed by atoms with E-state index < -0.39 is 23.0 Å². The van der Waals surface area contributed by atoms with Gasteiger partial charge in [-0.15, -0.1) is 0 Å². The van der Waals surface area contributed by atoms with Crippen molar-refractivity contribution < 1.29 is 9.18 Å². The standard InChI is InChI=1S/C22H25FN8O2/c1-13(9-26-19(32)17-12-29-21(33)30-17)8-25-14(2)15-10-27-20(28-11-15)31-22(3,4)18-16(23)6-5-7-24-18/h5-8,10-12H,9H2,1-4H3,(H,26,32)(H,27,28,31)(H2,29,30,33)/b13-8+,25-14?. The monoisotopic (exact) mass is 452 g/mol. The van der Waals surface area contributed by atoms with E-state index in [9.17, 15) is 14.0 Å². The molecule has 0 saturated heterocycles. The van der Waals surface area contributed by atoms with Crippen LogP contribution in [0.15, 0.2) is 58.5 Å². The van der Waals surface area contributed by atoms with Crippen molar-refractivity contribution in [3.05, 3.63) is 81.9 Å². The Kier molecular flexibility index (Phi) is 7.11. The summed E-state index contributed by atoms with van der Waals surface area (Å²) in [5.74, 6) is -0.472. The summed E-state index contributed by atoms with van der Waals surface area (Å²) in [6.45, 7) is 7.48. The van der Waals surface area contributed by atoms with Gasteiger partial charge in [0.2, 0.25) is 5.95 Å². The highest BCUT2D eigenvalue weighted by Crippen LogP contribution is 2.24. The molecule has 0 aliphatic rings. The highest BCUT2D eigenvalue weighted by atomic mass is 19.1. The van der Waals surface area contributed by atoms with E-state index in [1.54, 1.807) is 32.4 Å². The summed E-state index contributed by atoms with van der Waals surface area (Å²) in [6.07, 6.45) is 7.71. The van der Waals surface area contributed by atoms with Crippen LogP contribution >= 0.6 is 0 Å². The van der Waals surface area contributed by atoms with Gasteiger partial charge in [0, 0.05) is 48.8 Å². The van der Waals surface area contributed by atoms with Crippen LogP contribution in [0.5, 0.6) is 0 Å². The number of hydrogen-bond acceptors (Lipinski definition) is 7. The second-order valence-electron chi connectivity index (χ2n) is 7.91. The minimum atomic E-state index is -0.812. The lowest BCUT2D eigenvalue weighted by Crippen LogP contribution is -2.31. The van der Waals surface area contributed by atoms with Crippen molar-refractivity contribution >= 4 is 17.6 Å². The van der Waals surface area contributed by atoms with Crippen molar-refractivity contribution in [1.29, 1.82) is 0 Å². The third kappa shape index (κ3) is 6.19. The number of aromatic amines is 2. The van der Waals surface area contributed by atoms with Gasteiger partial charge in [-0.25, -0.2) is 19.2 Å².